The molecule has 2 aromatic heterocycles. The normalized spacial score (nSPS) is 18.2. The fourth-order valence-electron chi connectivity index (χ4n) is 3.04. The smallest absolute Gasteiger partial charge is 0.264 e. The summed E-state index contributed by atoms with van der Waals surface area (Å²) in [6.07, 6.45) is 2.41. The van der Waals surface area contributed by atoms with Crippen LogP contribution in [0.2, 0.25) is 0 Å². The van der Waals surface area contributed by atoms with E-state index in [9.17, 15) is 9.18 Å². The fraction of sp³-hybridized carbons (Fsp3) is 0.267. The molecule has 0 aliphatic carbocycles. The predicted molar refractivity (Wildman–Crippen MR) is 80.5 cm³/mol. The largest absolute Gasteiger partial charge is 0.355 e. The molecule has 112 valence electrons. The number of nitrogens with one attached hydrogen (secondary N) is 2. The fourth-order valence-corrected chi connectivity index (χ4v) is 3.04. The Morgan fingerprint density at radius 3 is 2.95 bits per heavy atom. The molecule has 2 N–H and O–H groups in total. The van der Waals surface area contributed by atoms with Gasteiger partial charge in [0.2, 0.25) is 0 Å². The third-order valence-corrected chi connectivity index (χ3v) is 4.12. The number of anilines is 1. The molecule has 1 saturated heterocycles. The molecule has 6 nitrogen and oxygen atoms in total. The minimum Gasteiger partial charge on any atom is -0.355 e. The van der Waals surface area contributed by atoms with E-state index in [1.807, 2.05) is 0 Å². The van der Waals surface area contributed by atoms with Crippen LogP contribution in [0.3, 0.4) is 0 Å². The van der Waals surface area contributed by atoms with Crippen LogP contribution in [-0.4, -0.2) is 33.3 Å². The molecule has 7 heteroatoms. The zero-order valence-corrected chi connectivity index (χ0v) is 11.7. The van der Waals surface area contributed by atoms with E-state index in [1.54, 1.807) is 12.1 Å². The lowest BCUT2D eigenvalue weighted by molar-refractivity contribution is 0.629. The third-order valence-electron chi connectivity index (χ3n) is 4.12. The summed E-state index contributed by atoms with van der Waals surface area (Å²) in [7, 11) is 0. The highest BCUT2D eigenvalue weighted by atomic mass is 19.1. The van der Waals surface area contributed by atoms with Crippen molar-refractivity contribution in [2.24, 2.45) is 0 Å². The number of fused-ring (bicyclic) bond motifs is 1. The van der Waals surface area contributed by atoms with Crippen molar-refractivity contribution in [1.29, 1.82) is 0 Å². The van der Waals surface area contributed by atoms with Gasteiger partial charge in [-0.3, -0.25) is 9.89 Å². The molecule has 22 heavy (non-hydrogen) atoms. The van der Waals surface area contributed by atoms with Crippen molar-refractivity contribution in [1.82, 2.24) is 20.2 Å². The molecular formula is C15H14FN5O. The van der Waals surface area contributed by atoms with E-state index < -0.39 is 0 Å². The number of H-pyrrole nitrogens is 2. The molecule has 0 radical (unpaired) electrons. The number of aromatic nitrogens is 4. The summed E-state index contributed by atoms with van der Waals surface area (Å²) in [4.78, 5) is 21.9. The molecule has 1 fully saturated rings. The molecule has 0 saturated carbocycles. The van der Waals surface area contributed by atoms with E-state index in [4.69, 9.17) is 0 Å². The summed E-state index contributed by atoms with van der Waals surface area (Å²) < 4.78 is 13.5. The van der Waals surface area contributed by atoms with Crippen molar-refractivity contribution in [2.45, 2.75) is 12.3 Å². The van der Waals surface area contributed by atoms with Crippen LogP contribution in [0.15, 0.2) is 35.4 Å². The second kappa shape index (κ2) is 4.94. The van der Waals surface area contributed by atoms with Crippen LogP contribution >= 0.6 is 0 Å². The summed E-state index contributed by atoms with van der Waals surface area (Å²) in [5.74, 6) is 0.677. The molecule has 1 unspecified atom stereocenters. The van der Waals surface area contributed by atoms with Crippen LogP contribution in [0, 0.1) is 5.82 Å². The number of rotatable bonds is 2. The number of benzene rings is 1. The number of nitrogens with zero attached hydrogens (tertiary/aromatic N) is 3. The van der Waals surface area contributed by atoms with E-state index in [0.29, 0.717) is 5.39 Å². The molecule has 3 heterocycles. The number of halogens is 1. The maximum atomic E-state index is 13.5. The van der Waals surface area contributed by atoms with Gasteiger partial charge in [-0.2, -0.15) is 0 Å². The van der Waals surface area contributed by atoms with Gasteiger partial charge in [-0.25, -0.2) is 14.4 Å². The first kappa shape index (κ1) is 13.0. The van der Waals surface area contributed by atoms with Crippen molar-refractivity contribution in [3.63, 3.8) is 0 Å². The van der Waals surface area contributed by atoms with Crippen molar-refractivity contribution < 1.29 is 4.39 Å². The minimum absolute atomic E-state index is 0.122. The van der Waals surface area contributed by atoms with Gasteiger partial charge in [0.1, 0.15) is 18.0 Å². The van der Waals surface area contributed by atoms with Gasteiger partial charge in [-0.1, -0.05) is 0 Å². The number of hydrogen-bond donors (Lipinski definition) is 2. The van der Waals surface area contributed by atoms with Gasteiger partial charge in [0.05, 0.1) is 5.52 Å². The molecule has 1 aromatic carbocycles. The molecule has 4 rings (SSSR count). The van der Waals surface area contributed by atoms with E-state index >= 15 is 0 Å². The zero-order chi connectivity index (χ0) is 15.1. The number of hydrogen-bond acceptors (Lipinski definition) is 4. The molecular weight excluding hydrogens is 285 g/mol. The Bertz CT molecular complexity index is 887. The van der Waals surface area contributed by atoms with Gasteiger partial charge in [0.15, 0.2) is 0 Å². The summed E-state index contributed by atoms with van der Waals surface area (Å²) in [6.45, 7) is 1.54. The van der Waals surface area contributed by atoms with Gasteiger partial charge in [-0.15, -0.1) is 0 Å². The maximum Gasteiger partial charge on any atom is 0.264 e. The zero-order valence-electron chi connectivity index (χ0n) is 11.7. The Kier molecular flexibility index (Phi) is 2.92. The molecule has 0 spiro atoms. The van der Waals surface area contributed by atoms with Crippen LogP contribution < -0.4 is 10.5 Å². The lowest BCUT2D eigenvalue weighted by Gasteiger charge is -2.18. The van der Waals surface area contributed by atoms with Crippen molar-refractivity contribution in [3.8, 4) is 0 Å². The van der Waals surface area contributed by atoms with E-state index in [-0.39, 0.29) is 17.3 Å². The van der Waals surface area contributed by atoms with Gasteiger partial charge in [0, 0.05) is 36.2 Å². The van der Waals surface area contributed by atoms with Crippen molar-refractivity contribution >= 4 is 16.7 Å². The summed E-state index contributed by atoms with van der Waals surface area (Å²) in [5, 5.41) is 6.19. The van der Waals surface area contributed by atoms with Gasteiger partial charge in [-0.05, 0) is 24.6 Å². The molecule has 0 amide bonds. The predicted octanol–water partition coefficient (Wildman–Crippen LogP) is 1.78. The molecule has 1 aliphatic heterocycles. The molecule has 1 atom stereocenters. The van der Waals surface area contributed by atoms with E-state index in [2.05, 4.69) is 25.1 Å². The summed E-state index contributed by atoms with van der Waals surface area (Å²) in [5.41, 5.74) is 1.50. The first-order valence-electron chi connectivity index (χ1n) is 7.13. The van der Waals surface area contributed by atoms with E-state index in [0.717, 1.165) is 36.5 Å². The standard InChI is InChI=1S/C15H14FN5O/c16-10-1-2-12-11(5-10)15(18-8-17-12)21-4-3-9(7-21)13-6-14(22)20-19-13/h1-2,5-6,8-9H,3-4,7H2,(H2,19,20,22). The minimum atomic E-state index is -0.297. The maximum absolute atomic E-state index is 13.5. The average molecular weight is 299 g/mol. The number of aromatic amines is 2. The van der Waals surface area contributed by atoms with E-state index in [1.165, 1.54) is 18.5 Å². The first-order valence-corrected chi connectivity index (χ1v) is 7.13. The third kappa shape index (κ3) is 2.14. The quantitative estimate of drug-likeness (QED) is 0.756. The Balaban J connectivity index is 1.68. The van der Waals surface area contributed by atoms with Crippen LogP contribution in [0.1, 0.15) is 18.0 Å². The van der Waals surface area contributed by atoms with Crippen LogP contribution in [-0.2, 0) is 0 Å². The topological polar surface area (TPSA) is 77.7 Å². The van der Waals surface area contributed by atoms with Crippen molar-refractivity contribution in [3.05, 3.63) is 52.5 Å². The molecule has 0 bridgehead atoms. The second-order valence-electron chi connectivity index (χ2n) is 5.50. The SMILES string of the molecule is O=c1cc(C2CCN(c3ncnc4ccc(F)cc34)C2)[nH][nH]1. The van der Waals surface area contributed by atoms with Gasteiger partial charge in [0.25, 0.3) is 5.56 Å². The summed E-state index contributed by atoms with van der Waals surface area (Å²) >= 11 is 0. The Labute approximate surface area is 125 Å². The van der Waals surface area contributed by atoms with Crippen LogP contribution in [0.25, 0.3) is 10.9 Å². The Morgan fingerprint density at radius 2 is 2.14 bits per heavy atom. The van der Waals surface area contributed by atoms with Gasteiger partial charge >= 0.3 is 0 Å². The highest BCUT2D eigenvalue weighted by Gasteiger charge is 2.27. The Hall–Kier alpha value is -2.70. The lowest BCUT2D eigenvalue weighted by Crippen LogP contribution is -2.21. The molecule has 3 aromatic rings. The second-order valence-corrected chi connectivity index (χ2v) is 5.50. The highest BCUT2D eigenvalue weighted by molar-refractivity contribution is 5.89. The van der Waals surface area contributed by atoms with Crippen LogP contribution in [0.4, 0.5) is 10.2 Å². The van der Waals surface area contributed by atoms with Gasteiger partial charge < -0.3 is 10.00 Å². The first-order chi connectivity index (χ1) is 10.7. The van der Waals surface area contributed by atoms with Crippen molar-refractivity contribution in [2.75, 3.05) is 18.0 Å². The summed E-state index contributed by atoms with van der Waals surface area (Å²) in [6, 6.07) is 6.12. The monoisotopic (exact) mass is 299 g/mol. The highest BCUT2D eigenvalue weighted by Crippen LogP contribution is 2.31. The lowest BCUT2D eigenvalue weighted by atomic mass is 10.1. The Morgan fingerprint density at radius 1 is 1.23 bits per heavy atom. The van der Waals surface area contributed by atoms with Crippen LogP contribution in [0.5, 0.6) is 0 Å². The average Bonchev–Trinajstić information content (AvgIpc) is 3.15. The molecule has 1 aliphatic rings.